The van der Waals surface area contributed by atoms with Crippen molar-refractivity contribution < 1.29 is 25.9 Å². The summed E-state index contributed by atoms with van der Waals surface area (Å²) in [6.07, 6.45) is 0.263. The first-order chi connectivity index (χ1) is 10.3. The van der Waals surface area contributed by atoms with E-state index >= 15 is 0 Å². The van der Waals surface area contributed by atoms with Crippen LogP contribution in [-0.4, -0.2) is 44.3 Å². The van der Waals surface area contributed by atoms with Crippen LogP contribution in [0.4, 0.5) is 5.69 Å². The Morgan fingerprint density at radius 2 is 1.78 bits per heavy atom. The molecule has 1 aromatic carbocycles. The molecule has 0 aromatic heterocycles. The molecule has 2 N–H and O–H groups in total. The smallest absolute Gasteiger partial charge is 0.294 e. The molecule has 1 aliphatic heterocycles. The summed E-state index contributed by atoms with van der Waals surface area (Å²) in [6.45, 7) is 6.32. The van der Waals surface area contributed by atoms with E-state index in [0.29, 0.717) is 6.54 Å². The van der Waals surface area contributed by atoms with Crippen LogP contribution in [0.25, 0.3) is 0 Å². The van der Waals surface area contributed by atoms with E-state index in [0.717, 1.165) is 11.3 Å². The normalized spacial score (nSPS) is 20.6. The fraction of sp³-hybridized carbons (Fsp3) is 0.571. The zero-order chi connectivity index (χ0) is 17.6. The van der Waals surface area contributed by atoms with Gasteiger partial charge in [0.2, 0.25) is 0 Å². The minimum absolute atomic E-state index is 0.00976. The van der Waals surface area contributed by atoms with Crippen molar-refractivity contribution in [3.63, 3.8) is 0 Å². The number of rotatable bonds is 5. The summed E-state index contributed by atoms with van der Waals surface area (Å²) in [4.78, 5) is 1.84. The second-order valence-corrected chi connectivity index (χ2v) is 9.38. The fourth-order valence-corrected chi connectivity index (χ4v) is 4.00. The lowest BCUT2D eigenvalue weighted by Gasteiger charge is -2.31. The number of hydrogen-bond donors (Lipinski definition) is 2. The first kappa shape index (κ1) is 18.2. The number of nitrogens with zero attached hydrogens (tertiary/aromatic N) is 1. The second kappa shape index (κ2) is 5.73. The lowest BCUT2D eigenvalue weighted by molar-refractivity contribution is 0.438. The van der Waals surface area contributed by atoms with Gasteiger partial charge in [0.25, 0.3) is 20.2 Å². The van der Waals surface area contributed by atoms with Gasteiger partial charge in [0.1, 0.15) is 0 Å². The number of anilines is 1. The molecule has 0 fully saturated rings. The Morgan fingerprint density at radius 3 is 2.30 bits per heavy atom. The van der Waals surface area contributed by atoms with Gasteiger partial charge in [0, 0.05) is 23.7 Å². The van der Waals surface area contributed by atoms with Gasteiger partial charge in [0.15, 0.2) is 0 Å². The highest BCUT2D eigenvalue weighted by atomic mass is 32.2. The second-order valence-electron chi connectivity index (χ2n) is 6.38. The predicted octanol–water partition coefficient (Wildman–Crippen LogP) is 1.70. The SMILES string of the molecule is CC1N(CCCS(=O)(=O)O)c2ccc(S(=O)(=O)O)cc2C1(C)C. The van der Waals surface area contributed by atoms with Crippen LogP contribution in [-0.2, 0) is 25.7 Å². The molecule has 1 atom stereocenters. The average Bonchev–Trinajstić information content (AvgIpc) is 2.57. The monoisotopic (exact) mass is 363 g/mol. The van der Waals surface area contributed by atoms with Crippen LogP contribution >= 0.6 is 0 Å². The highest BCUT2D eigenvalue weighted by Gasteiger charge is 2.42. The summed E-state index contributed by atoms with van der Waals surface area (Å²) < 4.78 is 62.4. The molecule has 0 saturated carbocycles. The summed E-state index contributed by atoms with van der Waals surface area (Å²) in [5.41, 5.74) is 1.23. The third kappa shape index (κ3) is 3.68. The van der Waals surface area contributed by atoms with Crippen LogP contribution in [0.3, 0.4) is 0 Å². The molecule has 1 unspecified atom stereocenters. The lowest BCUT2D eigenvalue weighted by atomic mass is 9.81. The van der Waals surface area contributed by atoms with Crippen LogP contribution in [0.1, 0.15) is 32.8 Å². The van der Waals surface area contributed by atoms with Gasteiger partial charge in [-0.1, -0.05) is 13.8 Å². The van der Waals surface area contributed by atoms with Gasteiger partial charge >= 0.3 is 0 Å². The summed E-state index contributed by atoms with van der Waals surface area (Å²) >= 11 is 0. The Bertz CT molecular complexity index is 814. The van der Waals surface area contributed by atoms with Crippen molar-refractivity contribution in [3.05, 3.63) is 23.8 Å². The van der Waals surface area contributed by atoms with Gasteiger partial charge in [0.05, 0.1) is 10.6 Å². The predicted molar refractivity (Wildman–Crippen MR) is 87.1 cm³/mol. The Labute approximate surface area is 136 Å². The zero-order valence-electron chi connectivity index (χ0n) is 13.2. The molecule has 1 heterocycles. The van der Waals surface area contributed by atoms with E-state index in [-0.39, 0.29) is 28.5 Å². The minimum atomic E-state index is -4.28. The topological polar surface area (TPSA) is 112 Å². The molecule has 0 amide bonds. The van der Waals surface area contributed by atoms with Crippen LogP contribution < -0.4 is 4.90 Å². The Hall–Kier alpha value is -1.16. The molecule has 9 heteroatoms. The van der Waals surface area contributed by atoms with Crippen LogP contribution in [0.5, 0.6) is 0 Å². The molecule has 0 radical (unpaired) electrons. The molecule has 0 aliphatic carbocycles. The van der Waals surface area contributed by atoms with Crippen molar-refractivity contribution in [3.8, 4) is 0 Å². The van der Waals surface area contributed by atoms with Crippen molar-refractivity contribution in [2.24, 2.45) is 0 Å². The molecule has 130 valence electrons. The molecule has 7 nitrogen and oxygen atoms in total. The highest BCUT2D eigenvalue weighted by Crippen LogP contribution is 2.45. The maximum Gasteiger partial charge on any atom is 0.294 e. The standard InChI is InChI=1S/C14H21NO6S2/c1-10-14(2,3)12-9-11(23(19,20)21)5-6-13(12)15(10)7-4-8-22(16,17)18/h5-6,9-10H,4,7-8H2,1-3H3,(H,16,17,18)(H,19,20,21). The molecule has 0 spiro atoms. The molecule has 1 aliphatic rings. The summed E-state index contributed by atoms with van der Waals surface area (Å²) in [5.74, 6) is -0.324. The molecule has 0 saturated heterocycles. The molecular weight excluding hydrogens is 342 g/mol. The van der Waals surface area contributed by atoms with Crippen LogP contribution in [0.15, 0.2) is 23.1 Å². The molecule has 1 aromatic rings. The van der Waals surface area contributed by atoms with E-state index in [2.05, 4.69) is 0 Å². The van der Waals surface area contributed by atoms with E-state index in [1.807, 2.05) is 25.7 Å². The van der Waals surface area contributed by atoms with Crippen LogP contribution in [0.2, 0.25) is 0 Å². The van der Waals surface area contributed by atoms with E-state index in [1.165, 1.54) is 12.1 Å². The number of benzene rings is 1. The largest absolute Gasteiger partial charge is 0.368 e. The summed E-state index contributed by atoms with van der Waals surface area (Å²) in [5, 5.41) is 0. The summed E-state index contributed by atoms with van der Waals surface area (Å²) in [6, 6.07) is 4.43. The van der Waals surface area contributed by atoms with Gasteiger partial charge in [-0.15, -0.1) is 0 Å². The molecular formula is C14H21NO6S2. The quantitative estimate of drug-likeness (QED) is 0.766. The third-order valence-corrected chi connectivity index (χ3v) is 6.24. The van der Waals surface area contributed by atoms with Crippen molar-refractivity contribution in [1.29, 1.82) is 0 Å². The Morgan fingerprint density at radius 1 is 1.17 bits per heavy atom. The molecule has 23 heavy (non-hydrogen) atoms. The maximum absolute atomic E-state index is 11.3. The van der Waals surface area contributed by atoms with Crippen molar-refractivity contribution in [2.45, 2.75) is 43.5 Å². The van der Waals surface area contributed by atoms with Gasteiger partial charge in [-0.3, -0.25) is 9.11 Å². The minimum Gasteiger partial charge on any atom is -0.368 e. The highest BCUT2D eigenvalue weighted by molar-refractivity contribution is 7.86. The lowest BCUT2D eigenvalue weighted by Crippen LogP contribution is -2.39. The van der Waals surface area contributed by atoms with Crippen molar-refractivity contribution >= 4 is 25.9 Å². The van der Waals surface area contributed by atoms with Gasteiger partial charge in [-0.2, -0.15) is 16.8 Å². The first-order valence-electron chi connectivity index (χ1n) is 7.18. The first-order valence-corrected chi connectivity index (χ1v) is 10.2. The van der Waals surface area contributed by atoms with E-state index < -0.39 is 20.2 Å². The fourth-order valence-electron chi connectivity index (χ4n) is 3.00. The Balaban J connectivity index is 2.36. The van der Waals surface area contributed by atoms with Gasteiger partial charge in [-0.05, 0) is 37.1 Å². The van der Waals surface area contributed by atoms with Crippen molar-refractivity contribution in [1.82, 2.24) is 0 Å². The molecule has 2 rings (SSSR count). The number of fused-ring (bicyclic) bond motifs is 1. The van der Waals surface area contributed by atoms with E-state index in [1.54, 1.807) is 6.07 Å². The Kier molecular flexibility index (Phi) is 4.53. The molecule has 0 bridgehead atoms. The van der Waals surface area contributed by atoms with Crippen molar-refractivity contribution in [2.75, 3.05) is 17.2 Å². The average molecular weight is 363 g/mol. The third-order valence-electron chi connectivity index (χ3n) is 4.58. The van der Waals surface area contributed by atoms with E-state index in [9.17, 15) is 21.4 Å². The maximum atomic E-state index is 11.3. The summed E-state index contributed by atoms with van der Waals surface area (Å²) in [7, 11) is -8.28. The van der Waals surface area contributed by atoms with Gasteiger partial charge in [-0.25, -0.2) is 0 Å². The van der Waals surface area contributed by atoms with E-state index in [4.69, 9.17) is 4.55 Å². The van der Waals surface area contributed by atoms with Gasteiger partial charge < -0.3 is 4.90 Å². The van der Waals surface area contributed by atoms with Crippen LogP contribution in [0, 0.1) is 0 Å². The zero-order valence-corrected chi connectivity index (χ0v) is 14.9. The number of hydrogen-bond acceptors (Lipinski definition) is 5.